The Morgan fingerprint density at radius 1 is 1.35 bits per heavy atom. The Morgan fingerprint density at radius 3 is 2.83 bits per heavy atom. The molecule has 0 spiro atoms. The van der Waals surface area contributed by atoms with Gasteiger partial charge in [0.15, 0.2) is 18.1 Å². The fraction of sp³-hybridized carbons (Fsp3) is 0.278. The van der Waals surface area contributed by atoms with Gasteiger partial charge in [0.05, 0.1) is 13.2 Å². The van der Waals surface area contributed by atoms with Crippen LogP contribution in [-0.2, 0) is 4.79 Å². The van der Waals surface area contributed by atoms with Gasteiger partial charge in [-0.2, -0.15) is 0 Å². The molecule has 2 rings (SSSR count). The lowest BCUT2D eigenvalue weighted by atomic mass is 10.2. The first-order valence-corrected chi connectivity index (χ1v) is 8.28. The highest BCUT2D eigenvalue weighted by Gasteiger charge is 2.12. The summed E-state index contributed by atoms with van der Waals surface area (Å²) in [4.78, 5) is 13.1. The molecule has 1 unspecified atom stereocenters. The van der Waals surface area contributed by atoms with Crippen LogP contribution in [0, 0.1) is 0 Å². The van der Waals surface area contributed by atoms with Crippen LogP contribution in [0.15, 0.2) is 41.8 Å². The van der Waals surface area contributed by atoms with Crippen LogP contribution in [-0.4, -0.2) is 19.6 Å². The van der Waals surface area contributed by atoms with Crippen molar-refractivity contribution in [3.05, 3.63) is 52.2 Å². The van der Waals surface area contributed by atoms with E-state index < -0.39 is 0 Å². The first kappa shape index (κ1) is 17.1. The normalized spacial score (nSPS) is 12.1. The molecule has 1 atom stereocenters. The Balaban J connectivity index is 1.93. The number of thiophene rings is 1. The molecule has 0 radical (unpaired) electrons. The van der Waals surface area contributed by atoms with Crippen molar-refractivity contribution < 1.29 is 14.3 Å². The van der Waals surface area contributed by atoms with Crippen LogP contribution >= 0.6 is 11.3 Å². The molecule has 1 amide bonds. The molecule has 4 nitrogen and oxygen atoms in total. The van der Waals surface area contributed by atoms with Crippen molar-refractivity contribution in [3.8, 4) is 11.5 Å². The van der Waals surface area contributed by atoms with Crippen LogP contribution in [0.2, 0.25) is 0 Å². The Kier molecular flexibility index (Phi) is 6.23. The third kappa shape index (κ3) is 4.86. The second-order valence-corrected chi connectivity index (χ2v) is 5.98. The summed E-state index contributed by atoms with van der Waals surface area (Å²) in [5.41, 5.74) is 1.02. The van der Waals surface area contributed by atoms with E-state index in [1.807, 2.05) is 61.7 Å². The van der Waals surface area contributed by atoms with Crippen molar-refractivity contribution in [1.29, 1.82) is 0 Å². The average molecular weight is 331 g/mol. The summed E-state index contributed by atoms with van der Waals surface area (Å²) in [5, 5.41) is 4.91. The minimum Gasteiger partial charge on any atom is -0.493 e. The number of nitrogens with one attached hydrogen (secondary N) is 1. The molecule has 0 aliphatic heterocycles. The number of methoxy groups -OCH3 is 1. The highest BCUT2D eigenvalue weighted by atomic mass is 32.1. The zero-order chi connectivity index (χ0) is 16.7. The van der Waals surface area contributed by atoms with Crippen LogP contribution in [0.4, 0.5) is 0 Å². The molecule has 5 heteroatoms. The number of ether oxygens (including phenoxy) is 2. The first-order chi connectivity index (χ1) is 11.1. The molecule has 2 aromatic rings. The number of rotatable bonds is 7. The number of hydrogen-bond acceptors (Lipinski definition) is 4. The quantitative estimate of drug-likeness (QED) is 0.833. The Bertz CT molecular complexity index is 665. The molecule has 0 saturated carbocycles. The van der Waals surface area contributed by atoms with E-state index in [4.69, 9.17) is 9.47 Å². The first-order valence-electron chi connectivity index (χ1n) is 7.40. The SMILES string of the molecule is CC=Cc1ccc(OCC(=O)NC(C)c2cccs2)c(OC)c1. The third-order valence-electron chi connectivity index (χ3n) is 3.25. The standard InChI is InChI=1S/C18H21NO3S/c1-4-6-14-8-9-15(16(11-14)21-3)22-12-18(20)19-13(2)17-7-5-10-23-17/h4-11,13H,12H2,1-3H3,(H,19,20). The summed E-state index contributed by atoms with van der Waals surface area (Å²) in [5.74, 6) is 1.00. The molecule has 0 aliphatic rings. The van der Waals surface area contributed by atoms with Gasteiger partial charge in [0.2, 0.25) is 0 Å². The van der Waals surface area contributed by atoms with Gasteiger partial charge in [0, 0.05) is 4.88 Å². The lowest BCUT2D eigenvalue weighted by molar-refractivity contribution is -0.123. The Hall–Kier alpha value is -2.27. The average Bonchev–Trinajstić information content (AvgIpc) is 3.08. The van der Waals surface area contributed by atoms with E-state index >= 15 is 0 Å². The molecule has 1 N–H and O–H groups in total. The third-order valence-corrected chi connectivity index (χ3v) is 4.31. The van der Waals surface area contributed by atoms with E-state index in [0.717, 1.165) is 10.4 Å². The highest BCUT2D eigenvalue weighted by Crippen LogP contribution is 2.28. The van der Waals surface area contributed by atoms with Gasteiger partial charge in [-0.3, -0.25) is 4.79 Å². The van der Waals surface area contributed by atoms with Gasteiger partial charge >= 0.3 is 0 Å². The summed E-state index contributed by atoms with van der Waals surface area (Å²) >= 11 is 1.62. The maximum absolute atomic E-state index is 12.0. The summed E-state index contributed by atoms with van der Waals surface area (Å²) < 4.78 is 10.9. The van der Waals surface area contributed by atoms with Gasteiger partial charge < -0.3 is 14.8 Å². The van der Waals surface area contributed by atoms with Gasteiger partial charge in [-0.25, -0.2) is 0 Å². The van der Waals surface area contributed by atoms with Crippen molar-refractivity contribution in [1.82, 2.24) is 5.32 Å². The predicted molar refractivity (Wildman–Crippen MR) is 94.1 cm³/mol. The topological polar surface area (TPSA) is 47.6 Å². The minimum absolute atomic E-state index is 0.0231. The molecule has 0 saturated heterocycles. The molecule has 0 aliphatic carbocycles. The molecule has 23 heavy (non-hydrogen) atoms. The zero-order valence-corrected chi connectivity index (χ0v) is 14.4. The van der Waals surface area contributed by atoms with Gasteiger partial charge in [-0.1, -0.05) is 24.3 Å². The van der Waals surface area contributed by atoms with Crippen LogP contribution in [0.25, 0.3) is 6.08 Å². The van der Waals surface area contributed by atoms with E-state index in [2.05, 4.69) is 5.32 Å². The number of benzene rings is 1. The monoisotopic (exact) mass is 331 g/mol. The zero-order valence-electron chi connectivity index (χ0n) is 13.5. The van der Waals surface area contributed by atoms with Gasteiger partial charge in [0.1, 0.15) is 0 Å². The number of carbonyl (C=O) groups is 1. The second kappa shape index (κ2) is 8.39. The summed E-state index contributed by atoms with van der Waals surface area (Å²) in [6.45, 7) is 3.86. The maximum Gasteiger partial charge on any atom is 0.258 e. The summed E-state index contributed by atoms with van der Waals surface area (Å²) in [7, 11) is 1.58. The van der Waals surface area contributed by atoms with E-state index in [-0.39, 0.29) is 18.6 Å². The van der Waals surface area contributed by atoms with Crippen LogP contribution in [0.5, 0.6) is 11.5 Å². The molecule has 1 heterocycles. The molecular weight excluding hydrogens is 310 g/mol. The van der Waals surface area contributed by atoms with Crippen molar-refractivity contribution in [2.75, 3.05) is 13.7 Å². The fourth-order valence-corrected chi connectivity index (χ4v) is 2.87. The van der Waals surface area contributed by atoms with E-state index in [0.29, 0.717) is 11.5 Å². The largest absolute Gasteiger partial charge is 0.493 e. The summed E-state index contributed by atoms with van der Waals surface area (Å²) in [6, 6.07) is 9.55. The lowest BCUT2D eigenvalue weighted by Crippen LogP contribution is -2.30. The molecule has 0 fully saturated rings. The number of hydrogen-bond donors (Lipinski definition) is 1. The van der Waals surface area contributed by atoms with E-state index in [1.54, 1.807) is 18.4 Å². The lowest BCUT2D eigenvalue weighted by Gasteiger charge is -2.14. The van der Waals surface area contributed by atoms with Crippen molar-refractivity contribution in [2.24, 2.45) is 0 Å². The fourth-order valence-electron chi connectivity index (χ4n) is 2.13. The molecule has 0 bridgehead atoms. The number of carbonyl (C=O) groups excluding carboxylic acids is 1. The van der Waals surface area contributed by atoms with Crippen LogP contribution < -0.4 is 14.8 Å². The Labute approximate surface area is 140 Å². The van der Waals surface area contributed by atoms with Crippen molar-refractivity contribution in [3.63, 3.8) is 0 Å². The van der Waals surface area contributed by atoms with Gasteiger partial charge in [0.25, 0.3) is 5.91 Å². The van der Waals surface area contributed by atoms with Crippen LogP contribution in [0.3, 0.4) is 0 Å². The van der Waals surface area contributed by atoms with Crippen molar-refractivity contribution in [2.45, 2.75) is 19.9 Å². The van der Waals surface area contributed by atoms with Crippen LogP contribution in [0.1, 0.15) is 30.3 Å². The van der Waals surface area contributed by atoms with Crippen molar-refractivity contribution >= 4 is 23.3 Å². The predicted octanol–water partition coefficient (Wildman–Crippen LogP) is 4.05. The van der Waals surface area contributed by atoms with Gasteiger partial charge in [-0.15, -0.1) is 11.3 Å². The number of allylic oxidation sites excluding steroid dienone is 1. The minimum atomic E-state index is -0.162. The summed E-state index contributed by atoms with van der Waals surface area (Å²) in [6.07, 6.45) is 3.93. The van der Waals surface area contributed by atoms with E-state index in [9.17, 15) is 4.79 Å². The smallest absolute Gasteiger partial charge is 0.258 e. The Morgan fingerprint density at radius 2 is 2.17 bits per heavy atom. The molecule has 122 valence electrons. The second-order valence-electron chi connectivity index (χ2n) is 5.00. The molecular formula is C18H21NO3S. The van der Waals surface area contributed by atoms with Gasteiger partial charge in [-0.05, 0) is 43.0 Å². The highest BCUT2D eigenvalue weighted by molar-refractivity contribution is 7.10. The van der Waals surface area contributed by atoms with E-state index in [1.165, 1.54) is 0 Å². The molecule has 1 aromatic carbocycles. The molecule has 1 aromatic heterocycles. The maximum atomic E-state index is 12.0. The number of amides is 1.